The van der Waals surface area contributed by atoms with Crippen LogP contribution in [0.1, 0.15) is 30.9 Å². The maximum atomic E-state index is 6.04. The van der Waals surface area contributed by atoms with Crippen molar-refractivity contribution in [3.63, 3.8) is 0 Å². The molecule has 2 aromatic rings. The van der Waals surface area contributed by atoms with Crippen molar-refractivity contribution in [2.45, 2.75) is 25.3 Å². The maximum Gasteiger partial charge on any atom is 0.223 e. The Morgan fingerprint density at radius 2 is 1.92 bits per heavy atom. The summed E-state index contributed by atoms with van der Waals surface area (Å²) in [5, 5.41) is 0.363. The van der Waals surface area contributed by atoms with Gasteiger partial charge in [-0.25, -0.2) is 4.98 Å². The van der Waals surface area contributed by atoms with Gasteiger partial charge < -0.3 is 20.1 Å². The van der Waals surface area contributed by atoms with E-state index in [9.17, 15) is 0 Å². The van der Waals surface area contributed by atoms with Gasteiger partial charge in [-0.3, -0.25) is 0 Å². The largest absolute Gasteiger partial charge is 0.490 e. The fourth-order valence-electron chi connectivity index (χ4n) is 3.34. The fraction of sp³-hybridized carbons (Fsp3) is 0.412. The standard InChI is InChI=1S/C17H19ClN4O2/c18-15-10-16(21-17(19)20-15)22-6-1-3-12(22)11-4-5-13-14(9-11)24-8-2-7-23-13/h4-5,9-10,12H,1-3,6-8H2,(H2,19,20,21)/t12-/m1/s1. The third-order valence-corrected chi connectivity index (χ3v) is 4.60. The van der Waals surface area contributed by atoms with Crippen LogP contribution in [-0.4, -0.2) is 29.7 Å². The van der Waals surface area contributed by atoms with Crippen LogP contribution in [0, 0.1) is 0 Å². The number of ether oxygens (including phenoxy) is 2. The van der Waals surface area contributed by atoms with Gasteiger partial charge in [0.25, 0.3) is 0 Å². The smallest absolute Gasteiger partial charge is 0.223 e. The Kier molecular flexibility index (Phi) is 4.06. The van der Waals surface area contributed by atoms with E-state index >= 15 is 0 Å². The van der Waals surface area contributed by atoms with E-state index in [1.165, 1.54) is 5.56 Å². The topological polar surface area (TPSA) is 73.5 Å². The number of hydrogen-bond donors (Lipinski definition) is 1. The maximum absolute atomic E-state index is 6.04. The van der Waals surface area contributed by atoms with Gasteiger partial charge in [0, 0.05) is 19.0 Å². The Bertz CT molecular complexity index is 735. The fourth-order valence-corrected chi connectivity index (χ4v) is 3.53. The van der Waals surface area contributed by atoms with Gasteiger partial charge in [-0.05, 0) is 30.5 Å². The molecule has 0 bridgehead atoms. The van der Waals surface area contributed by atoms with Crippen LogP contribution in [0.3, 0.4) is 0 Å². The molecule has 1 aromatic heterocycles. The number of nitrogen functional groups attached to an aromatic ring is 1. The molecule has 0 spiro atoms. The van der Waals surface area contributed by atoms with Crippen molar-refractivity contribution in [3.8, 4) is 11.5 Å². The Labute approximate surface area is 145 Å². The molecule has 1 fully saturated rings. The quantitative estimate of drug-likeness (QED) is 0.842. The minimum atomic E-state index is 0.196. The molecule has 4 rings (SSSR count). The van der Waals surface area contributed by atoms with Crippen LogP contribution < -0.4 is 20.1 Å². The second kappa shape index (κ2) is 6.36. The predicted octanol–water partition coefficient (Wildman–Crippen LogP) is 3.22. The lowest BCUT2D eigenvalue weighted by Gasteiger charge is -2.26. The second-order valence-corrected chi connectivity index (χ2v) is 6.40. The first kappa shape index (κ1) is 15.3. The van der Waals surface area contributed by atoms with Gasteiger partial charge in [-0.15, -0.1) is 0 Å². The third kappa shape index (κ3) is 2.94. The number of nitrogens with two attached hydrogens (primary N) is 1. The zero-order valence-electron chi connectivity index (χ0n) is 13.2. The van der Waals surface area contributed by atoms with Gasteiger partial charge in [-0.1, -0.05) is 17.7 Å². The van der Waals surface area contributed by atoms with Gasteiger partial charge >= 0.3 is 0 Å². The first-order chi connectivity index (χ1) is 11.7. The van der Waals surface area contributed by atoms with Gasteiger partial charge in [-0.2, -0.15) is 4.98 Å². The van der Waals surface area contributed by atoms with Crippen LogP contribution >= 0.6 is 11.6 Å². The Balaban J connectivity index is 1.66. The van der Waals surface area contributed by atoms with E-state index in [1.54, 1.807) is 6.07 Å². The molecule has 0 unspecified atom stereocenters. The van der Waals surface area contributed by atoms with Crippen LogP contribution in [0.4, 0.5) is 11.8 Å². The summed E-state index contributed by atoms with van der Waals surface area (Å²) in [4.78, 5) is 10.5. The second-order valence-electron chi connectivity index (χ2n) is 6.02. The summed E-state index contributed by atoms with van der Waals surface area (Å²) in [7, 11) is 0. The van der Waals surface area contributed by atoms with Gasteiger partial charge in [0.1, 0.15) is 11.0 Å². The van der Waals surface area contributed by atoms with E-state index in [2.05, 4.69) is 27.0 Å². The van der Waals surface area contributed by atoms with E-state index < -0.39 is 0 Å². The lowest BCUT2D eigenvalue weighted by atomic mass is 10.0. The summed E-state index contributed by atoms with van der Waals surface area (Å²) < 4.78 is 11.5. The van der Waals surface area contributed by atoms with Crippen molar-refractivity contribution in [2.75, 3.05) is 30.4 Å². The first-order valence-electron chi connectivity index (χ1n) is 8.17. The minimum Gasteiger partial charge on any atom is -0.490 e. The summed E-state index contributed by atoms with van der Waals surface area (Å²) in [6, 6.07) is 8.15. The third-order valence-electron chi connectivity index (χ3n) is 4.40. The lowest BCUT2D eigenvalue weighted by Crippen LogP contribution is -2.24. The predicted molar refractivity (Wildman–Crippen MR) is 92.8 cm³/mol. The number of nitrogens with zero attached hydrogens (tertiary/aromatic N) is 3. The van der Waals surface area contributed by atoms with Crippen LogP contribution in [0.5, 0.6) is 11.5 Å². The number of hydrogen-bond acceptors (Lipinski definition) is 6. The molecule has 24 heavy (non-hydrogen) atoms. The zero-order valence-corrected chi connectivity index (χ0v) is 14.0. The number of benzene rings is 1. The molecule has 0 aliphatic carbocycles. The van der Waals surface area contributed by atoms with Crippen molar-refractivity contribution >= 4 is 23.4 Å². The van der Waals surface area contributed by atoms with Crippen LogP contribution in [0.2, 0.25) is 5.15 Å². The number of fused-ring (bicyclic) bond motifs is 1. The molecule has 1 saturated heterocycles. The molecule has 7 heteroatoms. The number of rotatable bonds is 2. The summed E-state index contributed by atoms with van der Waals surface area (Å²) in [5.41, 5.74) is 6.94. The summed E-state index contributed by atoms with van der Waals surface area (Å²) in [5.74, 6) is 2.59. The van der Waals surface area contributed by atoms with E-state index in [4.69, 9.17) is 26.8 Å². The monoisotopic (exact) mass is 346 g/mol. The highest BCUT2D eigenvalue weighted by atomic mass is 35.5. The average molecular weight is 347 g/mol. The van der Waals surface area contributed by atoms with E-state index in [0.717, 1.165) is 43.1 Å². The summed E-state index contributed by atoms with van der Waals surface area (Å²) in [6.07, 6.45) is 3.03. The molecule has 0 amide bonds. The van der Waals surface area contributed by atoms with Crippen molar-refractivity contribution in [1.82, 2.24) is 9.97 Å². The van der Waals surface area contributed by atoms with Crippen LogP contribution in [0.15, 0.2) is 24.3 Å². The molecule has 1 aromatic carbocycles. The normalized spacial score (nSPS) is 20.0. The minimum absolute atomic E-state index is 0.196. The highest BCUT2D eigenvalue weighted by Crippen LogP contribution is 2.39. The zero-order chi connectivity index (χ0) is 16.5. The molecule has 0 saturated carbocycles. The van der Waals surface area contributed by atoms with Crippen molar-refractivity contribution in [1.29, 1.82) is 0 Å². The van der Waals surface area contributed by atoms with E-state index in [-0.39, 0.29) is 12.0 Å². The molecule has 1 atom stereocenters. The Hall–Kier alpha value is -2.21. The molecule has 3 heterocycles. The van der Waals surface area contributed by atoms with Crippen molar-refractivity contribution in [2.24, 2.45) is 0 Å². The molecule has 2 aliphatic heterocycles. The molecular formula is C17H19ClN4O2. The molecular weight excluding hydrogens is 328 g/mol. The number of anilines is 2. The molecule has 0 radical (unpaired) electrons. The Morgan fingerprint density at radius 1 is 1.08 bits per heavy atom. The lowest BCUT2D eigenvalue weighted by molar-refractivity contribution is 0.297. The summed E-state index contributed by atoms with van der Waals surface area (Å²) >= 11 is 6.04. The molecule has 126 valence electrons. The van der Waals surface area contributed by atoms with Gasteiger partial charge in [0.2, 0.25) is 5.95 Å². The SMILES string of the molecule is Nc1nc(Cl)cc(N2CCC[C@@H]2c2ccc3c(c2)OCCCO3)n1. The number of halogens is 1. The van der Waals surface area contributed by atoms with Gasteiger partial charge in [0.15, 0.2) is 11.5 Å². The number of aromatic nitrogens is 2. The van der Waals surface area contributed by atoms with Gasteiger partial charge in [0.05, 0.1) is 19.3 Å². The highest BCUT2D eigenvalue weighted by molar-refractivity contribution is 6.29. The highest BCUT2D eigenvalue weighted by Gasteiger charge is 2.28. The van der Waals surface area contributed by atoms with Crippen LogP contribution in [-0.2, 0) is 0 Å². The van der Waals surface area contributed by atoms with E-state index in [1.807, 2.05) is 6.07 Å². The van der Waals surface area contributed by atoms with Crippen molar-refractivity contribution in [3.05, 3.63) is 35.0 Å². The summed E-state index contributed by atoms with van der Waals surface area (Å²) in [6.45, 7) is 2.29. The van der Waals surface area contributed by atoms with Crippen LogP contribution in [0.25, 0.3) is 0 Å². The van der Waals surface area contributed by atoms with Crippen molar-refractivity contribution < 1.29 is 9.47 Å². The molecule has 2 N–H and O–H groups in total. The average Bonchev–Trinajstić information content (AvgIpc) is 2.93. The Morgan fingerprint density at radius 3 is 2.75 bits per heavy atom. The first-order valence-corrected chi connectivity index (χ1v) is 8.55. The molecule has 2 aliphatic rings. The van der Waals surface area contributed by atoms with E-state index in [0.29, 0.717) is 18.4 Å². The molecule has 6 nitrogen and oxygen atoms in total.